The molecule has 7 nitrogen and oxygen atoms in total. The Hall–Kier alpha value is -3.18. The topological polar surface area (TPSA) is 101 Å². The van der Waals surface area contributed by atoms with Gasteiger partial charge in [0.05, 0.1) is 35.3 Å². The molecule has 0 bridgehead atoms. The molecule has 1 aromatic heterocycles. The lowest BCUT2D eigenvalue weighted by atomic mass is 10.1. The number of carbonyl (C=O) groups is 2. The quantitative estimate of drug-likeness (QED) is 0.322. The molecule has 0 saturated heterocycles. The number of alkyl halides is 3. The van der Waals surface area contributed by atoms with Crippen LogP contribution in [0.15, 0.2) is 49.2 Å². The molecule has 1 unspecified atom stereocenters. The van der Waals surface area contributed by atoms with Gasteiger partial charge >= 0.3 is 6.18 Å². The average Bonchev–Trinajstić information content (AvgIpc) is 2.77. The molecule has 12 heteroatoms. The van der Waals surface area contributed by atoms with Gasteiger partial charge in [0.2, 0.25) is 5.91 Å². The maximum atomic E-state index is 13.4. The lowest BCUT2D eigenvalue weighted by Gasteiger charge is -2.18. The molecule has 184 valence electrons. The minimum absolute atomic E-state index is 0.0310. The highest BCUT2D eigenvalue weighted by atomic mass is 35.5. The minimum Gasteiger partial charge on any atom is -0.484 e. The van der Waals surface area contributed by atoms with Crippen molar-refractivity contribution in [3.63, 3.8) is 0 Å². The Morgan fingerprint density at radius 1 is 1.24 bits per heavy atom. The Labute approximate surface area is 197 Å². The Bertz CT molecular complexity index is 1000. The first kappa shape index (κ1) is 27.1. The fourth-order valence-electron chi connectivity index (χ4n) is 2.73. The molecular formula is C22H22ClF4N3O4. The first-order valence-corrected chi connectivity index (χ1v) is 10.3. The van der Waals surface area contributed by atoms with E-state index in [1.165, 1.54) is 18.2 Å². The standard InChI is InChI=1S/C22H22ClF4N3O4/c1-2-14(30-21(33)12-34-17-5-6-18(23)19(24)9-17)7-16(31)8-20(32)29-11-15-4-3-13(10-28-15)22(25,26)27/h2-6,9-10,14,16,31H,1,7-8,11-12H2,(H,29,32)(H,30,33)/t14?,16-/m1/s1. The van der Waals surface area contributed by atoms with Gasteiger partial charge in [-0.05, 0) is 30.7 Å². The van der Waals surface area contributed by atoms with Crippen molar-refractivity contribution >= 4 is 23.4 Å². The van der Waals surface area contributed by atoms with Crippen molar-refractivity contribution in [2.24, 2.45) is 0 Å². The number of nitrogens with one attached hydrogen (secondary N) is 2. The summed E-state index contributed by atoms with van der Waals surface area (Å²) in [6.45, 7) is 3.02. The summed E-state index contributed by atoms with van der Waals surface area (Å²) in [7, 11) is 0. The fourth-order valence-corrected chi connectivity index (χ4v) is 2.84. The minimum atomic E-state index is -4.50. The number of halogens is 5. The number of aliphatic hydroxyl groups is 1. The van der Waals surface area contributed by atoms with Crippen LogP contribution in [0.25, 0.3) is 0 Å². The number of pyridine rings is 1. The molecule has 1 heterocycles. The van der Waals surface area contributed by atoms with E-state index >= 15 is 0 Å². The van der Waals surface area contributed by atoms with Crippen molar-refractivity contribution in [1.82, 2.24) is 15.6 Å². The first-order chi connectivity index (χ1) is 16.0. The molecule has 0 aliphatic heterocycles. The monoisotopic (exact) mass is 503 g/mol. The number of rotatable bonds is 11. The van der Waals surface area contributed by atoms with E-state index in [2.05, 4.69) is 22.2 Å². The summed E-state index contributed by atoms with van der Waals surface area (Å²) in [5.41, 5.74) is -0.686. The highest BCUT2D eigenvalue weighted by molar-refractivity contribution is 6.30. The molecule has 2 aromatic rings. The highest BCUT2D eigenvalue weighted by Gasteiger charge is 2.30. The van der Waals surface area contributed by atoms with Crippen LogP contribution in [0, 0.1) is 5.82 Å². The van der Waals surface area contributed by atoms with Gasteiger partial charge in [0, 0.05) is 18.3 Å². The molecule has 2 rings (SSSR count). The molecule has 2 amide bonds. The second-order valence-electron chi connectivity index (χ2n) is 7.18. The van der Waals surface area contributed by atoms with Gasteiger partial charge in [0.15, 0.2) is 6.61 Å². The Balaban J connectivity index is 1.74. The Morgan fingerprint density at radius 2 is 1.97 bits per heavy atom. The molecule has 0 saturated carbocycles. The lowest BCUT2D eigenvalue weighted by Crippen LogP contribution is -2.39. The molecular weight excluding hydrogens is 482 g/mol. The van der Waals surface area contributed by atoms with Crippen molar-refractivity contribution < 1.29 is 37.0 Å². The second-order valence-corrected chi connectivity index (χ2v) is 7.59. The maximum absolute atomic E-state index is 13.4. The van der Waals surface area contributed by atoms with Gasteiger partial charge in [-0.15, -0.1) is 6.58 Å². The second kappa shape index (κ2) is 12.3. The predicted molar refractivity (Wildman–Crippen MR) is 115 cm³/mol. The first-order valence-electron chi connectivity index (χ1n) is 9.94. The van der Waals surface area contributed by atoms with Gasteiger partial charge < -0.3 is 20.5 Å². The van der Waals surface area contributed by atoms with E-state index < -0.39 is 48.1 Å². The third-order valence-electron chi connectivity index (χ3n) is 4.46. The zero-order chi connectivity index (χ0) is 25.3. The summed E-state index contributed by atoms with van der Waals surface area (Å²) < 4.78 is 56.2. The van der Waals surface area contributed by atoms with E-state index in [-0.39, 0.29) is 35.9 Å². The van der Waals surface area contributed by atoms with Crippen LogP contribution < -0.4 is 15.4 Å². The van der Waals surface area contributed by atoms with E-state index in [1.54, 1.807) is 0 Å². The number of benzene rings is 1. The molecule has 2 atom stereocenters. The third-order valence-corrected chi connectivity index (χ3v) is 4.76. The van der Waals surface area contributed by atoms with Crippen LogP contribution in [0.4, 0.5) is 17.6 Å². The third kappa shape index (κ3) is 8.99. The SMILES string of the molecule is C=CC(C[C@@H](O)CC(=O)NCc1ccc(C(F)(F)F)cn1)NC(=O)COc1ccc(Cl)c(F)c1. The summed E-state index contributed by atoms with van der Waals surface area (Å²) in [6.07, 6.45) is -3.96. The normalized spacial score (nSPS) is 13.0. The molecule has 3 N–H and O–H groups in total. The number of hydrogen-bond donors (Lipinski definition) is 3. The Morgan fingerprint density at radius 3 is 2.56 bits per heavy atom. The van der Waals surface area contributed by atoms with Crippen molar-refractivity contribution in [1.29, 1.82) is 0 Å². The fraction of sp³-hybridized carbons (Fsp3) is 0.318. The molecule has 0 aliphatic carbocycles. The van der Waals surface area contributed by atoms with E-state index in [9.17, 15) is 32.3 Å². The summed E-state index contributed by atoms with van der Waals surface area (Å²) >= 11 is 5.57. The molecule has 0 aliphatic rings. The molecule has 1 aromatic carbocycles. The van der Waals surface area contributed by atoms with E-state index in [0.29, 0.717) is 6.20 Å². The summed E-state index contributed by atoms with van der Waals surface area (Å²) in [5.74, 6) is -1.72. The van der Waals surface area contributed by atoms with Crippen molar-refractivity contribution in [3.8, 4) is 5.75 Å². The van der Waals surface area contributed by atoms with Crippen LogP contribution in [0.3, 0.4) is 0 Å². The number of hydrogen-bond acceptors (Lipinski definition) is 5. The van der Waals surface area contributed by atoms with Crippen LogP contribution in [0.5, 0.6) is 5.75 Å². The van der Waals surface area contributed by atoms with Gasteiger partial charge in [0.25, 0.3) is 5.91 Å². The van der Waals surface area contributed by atoms with Crippen LogP contribution >= 0.6 is 11.6 Å². The highest BCUT2D eigenvalue weighted by Crippen LogP contribution is 2.28. The number of carbonyl (C=O) groups excluding carboxylic acids is 2. The van der Waals surface area contributed by atoms with E-state index in [1.807, 2.05) is 0 Å². The van der Waals surface area contributed by atoms with Gasteiger partial charge in [-0.3, -0.25) is 14.6 Å². The number of nitrogens with zero attached hydrogens (tertiary/aromatic N) is 1. The molecule has 34 heavy (non-hydrogen) atoms. The van der Waals surface area contributed by atoms with Gasteiger partial charge in [-0.1, -0.05) is 17.7 Å². The number of aliphatic hydroxyl groups excluding tert-OH is 1. The van der Waals surface area contributed by atoms with E-state index in [4.69, 9.17) is 16.3 Å². The van der Waals surface area contributed by atoms with Crippen LogP contribution in [-0.2, 0) is 22.3 Å². The molecule has 0 fully saturated rings. The van der Waals surface area contributed by atoms with Gasteiger partial charge in [-0.25, -0.2) is 4.39 Å². The average molecular weight is 504 g/mol. The van der Waals surface area contributed by atoms with Crippen molar-refractivity contribution in [2.75, 3.05) is 6.61 Å². The summed E-state index contributed by atoms with van der Waals surface area (Å²) in [5, 5.41) is 15.0. The lowest BCUT2D eigenvalue weighted by molar-refractivity contribution is -0.138. The number of aromatic nitrogens is 1. The number of ether oxygens (including phenoxy) is 1. The maximum Gasteiger partial charge on any atom is 0.417 e. The molecule has 0 radical (unpaired) electrons. The zero-order valence-electron chi connectivity index (χ0n) is 17.7. The van der Waals surface area contributed by atoms with Crippen LogP contribution in [-0.4, -0.2) is 40.7 Å². The van der Waals surface area contributed by atoms with Crippen LogP contribution in [0.2, 0.25) is 5.02 Å². The largest absolute Gasteiger partial charge is 0.484 e. The van der Waals surface area contributed by atoms with Crippen LogP contribution in [0.1, 0.15) is 24.1 Å². The summed E-state index contributed by atoms with van der Waals surface area (Å²) in [6, 6.07) is 5.02. The van der Waals surface area contributed by atoms with E-state index in [0.717, 1.165) is 18.2 Å². The molecule has 0 spiro atoms. The summed E-state index contributed by atoms with van der Waals surface area (Å²) in [4.78, 5) is 27.7. The zero-order valence-corrected chi connectivity index (χ0v) is 18.5. The van der Waals surface area contributed by atoms with Crippen molar-refractivity contribution in [3.05, 3.63) is 71.3 Å². The van der Waals surface area contributed by atoms with Gasteiger partial charge in [-0.2, -0.15) is 13.2 Å². The smallest absolute Gasteiger partial charge is 0.417 e. The number of amides is 2. The van der Waals surface area contributed by atoms with Gasteiger partial charge in [0.1, 0.15) is 11.6 Å². The Kier molecular flexibility index (Phi) is 9.82. The predicted octanol–water partition coefficient (Wildman–Crippen LogP) is 3.40. The van der Waals surface area contributed by atoms with Crippen molar-refractivity contribution in [2.45, 2.75) is 37.7 Å².